The number of nitrogens with zero attached hydrogens (tertiary/aromatic N) is 1. The smallest absolute Gasteiger partial charge is 0.267 e. The predicted octanol–water partition coefficient (Wildman–Crippen LogP) is 2.16. The van der Waals surface area contributed by atoms with E-state index >= 15 is 0 Å². The van der Waals surface area contributed by atoms with Crippen LogP contribution in [-0.2, 0) is 0 Å². The zero-order valence-electron chi connectivity index (χ0n) is 8.97. The average Bonchev–Trinajstić information content (AvgIpc) is 2.29. The molecule has 0 saturated heterocycles. The van der Waals surface area contributed by atoms with Crippen LogP contribution in [-0.4, -0.2) is 10.9 Å². The molecule has 0 fully saturated rings. The quantitative estimate of drug-likeness (QED) is 0.829. The fourth-order valence-electron chi connectivity index (χ4n) is 1.57. The fourth-order valence-corrected chi connectivity index (χ4v) is 1.57. The first-order valence-corrected chi connectivity index (χ1v) is 5.00. The molecule has 0 unspecified atom stereocenters. The lowest BCUT2D eigenvalue weighted by Crippen LogP contribution is -2.12. The predicted molar refractivity (Wildman–Crippen MR) is 62.9 cm³/mol. The third kappa shape index (κ3) is 2.08. The highest BCUT2D eigenvalue weighted by molar-refractivity contribution is 5.92. The van der Waals surface area contributed by atoms with Gasteiger partial charge in [-0.2, -0.15) is 0 Å². The number of nitrogens with two attached hydrogens (primary N) is 1. The Morgan fingerprint density at radius 1 is 1.19 bits per heavy atom. The molecular formula is C13H12N2O. The fraction of sp³-hybridized carbons (Fsp3) is 0.0769. The maximum absolute atomic E-state index is 11.0. The first-order chi connectivity index (χ1) is 7.66. The van der Waals surface area contributed by atoms with Crippen LogP contribution in [0.1, 0.15) is 16.1 Å². The Kier molecular flexibility index (Phi) is 2.68. The Morgan fingerprint density at radius 3 is 2.62 bits per heavy atom. The molecule has 2 aromatic rings. The molecule has 1 aromatic carbocycles. The van der Waals surface area contributed by atoms with Gasteiger partial charge in [0.15, 0.2) is 0 Å². The van der Waals surface area contributed by atoms with E-state index in [1.54, 1.807) is 12.3 Å². The van der Waals surface area contributed by atoms with E-state index in [-0.39, 0.29) is 0 Å². The van der Waals surface area contributed by atoms with Crippen LogP contribution in [0.2, 0.25) is 0 Å². The Labute approximate surface area is 93.9 Å². The minimum absolute atomic E-state index is 0.291. The van der Waals surface area contributed by atoms with Gasteiger partial charge in [-0.15, -0.1) is 0 Å². The Hall–Kier alpha value is -2.16. The summed E-state index contributed by atoms with van der Waals surface area (Å²) in [6.07, 6.45) is 1.60. The molecule has 1 aromatic heterocycles. The molecule has 2 N–H and O–H groups in total. The molecule has 0 saturated carbocycles. The van der Waals surface area contributed by atoms with Gasteiger partial charge < -0.3 is 5.73 Å². The van der Waals surface area contributed by atoms with Crippen LogP contribution >= 0.6 is 0 Å². The van der Waals surface area contributed by atoms with E-state index in [0.29, 0.717) is 5.69 Å². The number of rotatable bonds is 2. The molecule has 2 rings (SSSR count). The SMILES string of the molecule is Cc1cccc(-c2ccnc(C(N)=O)c2)c1. The molecule has 80 valence electrons. The summed E-state index contributed by atoms with van der Waals surface area (Å²) in [6.45, 7) is 2.03. The van der Waals surface area contributed by atoms with Crippen molar-refractivity contribution in [1.29, 1.82) is 0 Å². The molecule has 1 heterocycles. The van der Waals surface area contributed by atoms with Crippen LogP contribution in [0.4, 0.5) is 0 Å². The number of carbonyl (C=O) groups is 1. The zero-order chi connectivity index (χ0) is 11.5. The highest BCUT2D eigenvalue weighted by Crippen LogP contribution is 2.20. The van der Waals surface area contributed by atoms with Gasteiger partial charge in [0.2, 0.25) is 0 Å². The topological polar surface area (TPSA) is 56.0 Å². The van der Waals surface area contributed by atoms with Gasteiger partial charge in [-0.1, -0.05) is 29.8 Å². The van der Waals surface area contributed by atoms with Crippen molar-refractivity contribution >= 4 is 5.91 Å². The third-order valence-electron chi connectivity index (χ3n) is 2.36. The Bertz CT molecular complexity index is 535. The standard InChI is InChI=1S/C13H12N2O/c1-9-3-2-4-10(7-9)11-5-6-15-12(8-11)13(14)16/h2-8H,1H3,(H2,14,16). The second-order valence-electron chi connectivity index (χ2n) is 3.66. The molecule has 0 radical (unpaired) electrons. The summed E-state index contributed by atoms with van der Waals surface area (Å²) in [5.74, 6) is -0.505. The lowest BCUT2D eigenvalue weighted by atomic mass is 10.0. The number of aryl methyl sites for hydroxylation is 1. The molecule has 0 bridgehead atoms. The van der Waals surface area contributed by atoms with E-state index < -0.39 is 5.91 Å². The molecule has 16 heavy (non-hydrogen) atoms. The lowest BCUT2D eigenvalue weighted by molar-refractivity contribution is 0.0995. The van der Waals surface area contributed by atoms with Gasteiger partial charge in [0.05, 0.1) is 0 Å². The lowest BCUT2D eigenvalue weighted by Gasteiger charge is -2.03. The van der Waals surface area contributed by atoms with Crippen LogP contribution in [0.5, 0.6) is 0 Å². The van der Waals surface area contributed by atoms with Crippen molar-refractivity contribution in [3.8, 4) is 11.1 Å². The zero-order valence-corrected chi connectivity index (χ0v) is 8.97. The first-order valence-electron chi connectivity index (χ1n) is 5.00. The summed E-state index contributed by atoms with van der Waals surface area (Å²) in [5, 5.41) is 0. The Balaban J connectivity index is 2.48. The number of primary amides is 1. The van der Waals surface area contributed by atoms with Crippen molar-refractivity contribution < 1.29 is 4.79 Å². The van der Waals surface area contributed by atoms with Crippen molar-refractivity contribution in [2.75, 3.05) is 0 Å². The number of hydrogen-bond donors (Lipinski definition) is 1. The van der Waals surface area contributed by atoms with Crippen LogP contribution in [0, 0.1) is 6.92 Å². The molecule has 1 amide bonds. The van der Waals surface area contributed by atoms with Crippen LogP contribution in [0.25, 0.3) is 11.1 Å². The van der Waals surface area contributed by atoms with Crippen molar-refractivity contribution in [3.63, 3.8) is 0 Å². The van der Waals surface area contributed by atoms with Crippen LogP contribution in [0.3, 0.4) is 0 Å². The largest absolute Gasteiger partial charge is 0.364 e. The average molecular weight is 212 g/mol. The number of benzene rings is 1. The molecule has 3 nitrogen and oxygen atoms in total. The summed E-state index contributed by atoms with van der Waals surface area (Å²) in [4.78, 5) is 14.9. The van der Waals surface area contributed by atoms with Gasteiger partial charge in [-0.25, -0.2) is 0 Å². The van der Waals surface area contributed by atoms with E-state index in [1.807, 2.05) is 31.2 Å². The van der Waals surface area contributed by atoms with Crippen molar-refractivity contribution in [1.82, 2.24) is 4.98 Å². The maximum atomic E-state index is 11.0. The first kappa shape index (κ1) is 10.4. The highest BCUT2D eigenvalue weighted by atomic mass is 16.1. The number of aromatic nitrogens is 1. The number of hydrogen-bond acceptors (Lipinski definition) is 2. The molecule has 0 spiro atoms. The number of amides is 1. The molecular weight excluding hydrogens is 200 g/mol. The van der Waals surface area contributed by atoms with Crippen molar-refractivity contribution in [3.05, 3.63) is 53.9 Å². The van der Waals surface area contributed by atoms with Crippen LogP contribution in [0.15, 0.2) is 42.6 Å². The van der Waals surface area contributed by atoms with E-state index in [2.05, 4.69) is 11.1 Å². The van der Waals surface area contributed by atoms with Gasteiger partial charge in [-0.3, -0.25) is 9.78 Å². The van der Waals surface area contributed by atoms with E-state index in [9.17, 15) is 4.79 Å². The summed E-state index contributed by atoms with van der Waals surface area (Å²) in [7, 11) is 0. The summed E-state index contributed by atoms with van der Waals surface area (Å²) in [6, 6.07) is 11.6. The van der Waals surface area contributed by atoms with Crippen LogP contribution < -0.4 is 5.73 Å². The molecule has 0 aliphatic heterocycles. The molecule has 0 aliphatic carbocycles. The van der Waals surface area contributed by atoms with Crippen molar-refractivity contribution in [2.24, 2.45) is 5.73 Å². The second-order valence-corrected chi connectivity index (χ2v) is 3.66. The van der Waals surface area contributed by atoms with Gasteiger partial charge in [-0.05, 0) is 30.2 Å². The molecule has 0 atom stereocenters. The van der Waals surface area contributed by atoms with E-state index in [0.717, 1.165) is 11.1 Å². The Morgan fingerprint density at radius 2 is 1.94 bits per heavy atom. The van der Waals surface area contributed by atoms with Crippen molar-refractivity contribution in [2.45, 2.75) is 6.92 Å². The second kappa shape index (κ2) is 4.14. The normalized spacial score (nSPS) is 10.1. The van der Waals surface area contributed by atoms with Gasteiger partial charge >= 0.3 is 0 Å². The van der Waals surface area contributed by atoms with Gasteiger partial charge in [0.25, 0.3) is 5.91 Å². The molecule has 0 aliphatic rings. The number of pyridine rings is 1. The molecule has 3 heteroatoms. The maximum Gasteiger partial charge on any atom is 0.267 e. The van der Waals surface area contributed by atoms with E-state index in [1.165, 1.54) is 5.56 Å². The number of carbonyl (C=O) groups excluding carboxylic acids is 1. The summed E-state index contributed by atoms with van der Waals surface area (Å²) < 4.78 is 0. The third-order valence-corrected chi connectivity index (χ3v) is 2.36. The minimum Gasteiger partial charge on any atom is -0.364 e. The summed E-state index contributed by atoms with van der Waals surface area (Å²) in [5.41, 5.74) is 8.67. The summed E-state index contributed by atoms with van der Waals surface area (Å²) >= 11 is 0. The monoisotopic (exact) mass is 212 g/mol. The van der Waals surface area contributed by atoms with E-state index in [4.69, 9.17) is 5.73 Å². The highest BCUT2D eigenvalue weighted by Gasteiger charge is 2.04. The van der Waals surface area contributed by atoms with Gasteiger partial charge in [0, 0.05) is 6.20 Å². The minimum atomic E-state index is -0.505. The van der Waals surface area contributed by atoms with Gasteiger partial charge in [0.1, 0.15) is 5.69 Å².